The molecule has 4 heteroatoms. The molecule has 1 aliphatic rings. The number of rotatable bonds is 2. The molecule has 0 spiro atoms. The van der Waals surface area contributed by atoms with Crippen molar-refractivity contribution in [3.8, 4) is 0 Å². The minimum atomic E-state index is -0.368. The number of hydrogen-bond acceptors (Lipinski definition) is 2. The molecular weight excluding hydrogens is 259 g/mol. The maximum atomic E-state index is 13.5. The van der Waals surface area contributed by atoms with Gasteiger partial charge in [0.2, 0.25) is 5.95 Å². The number of nitrogens with zero attached hydrogens (tertiary/aromatic N) is 1. The highest BCUT2D eigenvalue weighted by molar-refractivity contribution is 9.10. The van der Waals surface area contributed by atoms with Crippen molar-refractivity contribution in [1.29, 1.82) is 0 Å². The van der Waals surface area contributed by atoms with Crippen LogP contribution < -0.4 is 5.73 Å². The van der Waals surface area contributed by atoms with E-state index in [1.807, 2.05) is 6.07 Å². The second-order valence-corrected chi connectivity index (χ2v) is 5.59. The van der Waals surface area contributed by atoms with Gasteiger partial charge in [-0.25, -0.2) is 4.98 Å². The van der Waals surface area contributed by atoms with Crippen molar-refractivity contribution in [2.24, 2.45) is 17.1 Å². The molecule has 2 rings (SSSR count). The minimum Gasteiger partial charge on any atom is -0.330 e. The number of aromatic nitrogens is 1. The van der Waals surface area contributed by atoms with Crippen LogP contribution in [0.15, 0.2) is 16.7 Å². The Morgan fingerprint density at radius 1 is 1.60 bits per heavy atom. The highest BCUT2D eigenvalue weighted by Gasteiger charge is 2.58. The second-order valence-electron chi connectivity index (χ2n) is 4.67. The van der Waals surface area contributed by atoms with E-state index in [2.05, 4.69) is 34.8 Å². The fourth-order valence-corrected chi connectivity index (χ4v) is 2.81. The van der Waals surface area contributed by atoms with Gasteiger partial charge in [0.25, 0.3) is 0 Å². The molecule has 0 aliphatic heterocycles. The summed E-state index contributed by atoms with van der Waals surface area (Å²) in [5, 5.41) is 0. The average Bonchev–Trinajstić information content (AvgIpc) is 2.72. The SMILES string of the molecule is CC1(C)C(CN)C1c1cc(Br)cnc1F. The molecule has 15 heavy (non-hydrogen) atoms. The Balaban J connectivity index is 2.36. The molecule has 0 radical (unpaired) electrons. The smallest absolute Gasteiger partial charge is 0.216 e. The zero-order valence-corrected chi connectivity index (χ0v) is 10.4. The molecule has 1 fully saturated rings. The molecule has 0 amide bonds. The third kappa shape index (κ3) is 1.70. The summed E-state index contributed by atoms with van der Waals surface area (Å²) < 4.78 is 14.4. The van der Waals surface area contributed by atoms with E-state index in [-0.39, 0.29) is 17.3 Å². The van der Waals surface area contributed by atoms with Crippen LogP contribution in [0.2, 0.25) is 0 Å². The standard InChI is InChI=1S/C11H14BrFN2/c1-11(2)8(4-14)9(11)7-3-6(12)5-15-10(7)13/h3,5,8-9H,4,14H2,1-2H3. The van der Waals surface area contributed by atoms with Gasteiger partial charge in [0, 0.05) is 16.2 Å². The van der Waals surface area contributed by atoms with E-state index in [0.29, 0.717) is 18.0 Å². The van der Waals surface area contributed by atoms with Crippen LogP contribution in [0.3, 0.4) is 0 Å². The number of hydrogen-bond donors (Lipinski definition) is 1. The van der Waals surface area contributed by atoms with Gasteiger partial charge in [0.05, 0.1) is 0 Å². The lowest BCUT2D eigenvalue weighted by Gasteiger charge is -2.04. The maximum Gasteiger partial charge on any atom is 0.216 e. The van der Waals surface area contributed by atoms with Crippen molar-refractivity contribution in [2.75, 3.05) is 6.54 Å². The Bertz CT molecular complexity index is 392. The van der Waals surface area contributed by atoms with Crippen molar-refractivity contribution in [3.05, 3.63) is 28.2 Å². The van der Waals surface area contributed by atoms with E-state index >= 15 is 0 Å². The van der Waals surface area contributed by atoms with Crippen LogP contribution in [0.4, 0.5) is 4.39 Å². The molecule has 0 bridgehead atoms. The summed E-state index contributed by atoms with van der Waals surface area (Å²) in [6, 6.07) is 1.81. The van der Waals surface area contributed by atoms with Gasteiger partial charge in [-0.15, -0.1) is 0 Å². The highest BCUT2D eigenvalue weighted by Crippen LogP contribution is 2.64. The van der Waals surface area contributed by atoms with Gasteiger partial charge >= 0.3 is 0 Å². The predicted octanol–water partition coefficient (Wildman–Crippen LogP) is 2.68. The lowest BCUT2D eigenvalue weighted by Crippen LogP contribution is -2.05. The molecule has 1 aromatic heterocycles. The highest BCUT2D eigenvalue weighted by atomic mass is 79.9. The fourth-order valence-electron chi connectivity index (χ4n) is 2.46. The zero-order chi connectivity index (χ0) is 11.2. The lowest BCUT2D eigenvalue weighted by molar-refractivity contribution is 0.538. The van der Waals surface area contributed by atoms with Crippen LogP contribution in [0.25, 0.3) is 0 Å². The summed E-state index contributed by atoms with van der Waals surface area (Å²) in [4.78, 5) is 3.72. The zero-order valence-electron chi connectivity index (χ0n) is 8.80. The summed E-state index contributed by atoms with van der Waals surface area (Å²) in [7, 11) is 0. The van der Waals surface area contributed by atoms with Crippen molar-refractivity contribution >= 4 is 15.9 Å². The molecule has 2 nitrogen and oxygen atoms in total. The Morgan fingerprint density at radius 3 is 2.80 bits per heavy atom. The summed E-state index contributed by atoms with van der Waals surface area (Å²) in [6.07, 6.45) is 1.48. The van der Waals surface area contributed by atoms with E-state index in [9.17, 15) is 4.39 Å². The van der Waals surface area contributed by atoms with Crippen LogP contribution in [0.1, 0.15) is 25.3 Å². The summed E-state index contributed by atoms with van der Waals surface area (Å²) in [5.41, 5.74) is 6.45. The monoisotopic (exact) mass is 272 g/mol. The second kappa shape index (κ2) is 3.52. The van der Waals surface area contributed by atoms with E-state index < -0.39 is 0 Å². The van der Waals surface area contributed by atoms with Gasteiger partial charge in [-0.1, -0.05) is 13.8 Å². The first-order valence-corrected chi connectivity index (χ1v) is 5.78. The molecule has 0 saturated heterocycles. The molecule has 1 saturated carbocycles. The summed E-state index contributed by atoms with van der Waals surface area (Å²) in [5.74, 6) is 0.197. The molecule has 0 aromatic carbocycles. The largest absolute Gasteiger partial charge is 0.330 e. The van der Waals surface area contributed by atoms with Crippen LogP contribution in [-0.2, 0) is 0 Å². The van der Waals surface area contributed by atoms with E-state index in [1.54, 1.807) is 0 Å². The quantitative estimate of drug-likeness (QED) is 0.841. The number of halogens is 2. The molecule has 2 atom stereocenters. The molecule has 1 aromatic rings. The van der Waals surface area contributed by atoms with Crippen LogP contribution in [-0.4, -0.2) is 11.5 Å². The number of nitrogens with two attached hydrogens (primary N) is 1. The minimum absolute atomic E-state index is 0.0953. The van der Waals surface area contributed by atoms with Crippen molar-refractivity contribution in [1.82, 2.24) is 4.98 Å². The Morgan fingerprint density at radius 2 is 2.27 bits per heavy atom. The van der Waals surface area contributed by atoms with Gasteiger partial charge in [-0.2, -0.15) is 4.39 Å². The Kier molecular flexibility index (Phi) is 2.59. The Labute approximate surface area is 97.2 Å². The van der Waals surface area contributed by atoms with Gasteiger partial charge in [0.15, 0.2) is 0 Å². The van der Waals surface area contributed by atoms with E-state index in [1.165, 1.54) is 6.20 Å². The fraction of sp³-hybridized carbons (Fsp3) is 0.545. The molecule has 82 valence electrons. The van der Waals surface area contributed by atoms with Gasteiger partial charge in [0.1, 0.15) is 0 Å². The molecule has 1 heterocycles. The summed E-state index contributed by atoms with van der Waals surface area (Å²) in [6.45, 7) is 4.84. The van der Waals surface area contributed by atoms with Crippen molar-refractivity contribution < 1.29 is 4.39 Å². The molecule has 1 aliphatic carbocycles. The van der Waals surface area contributed by atoms with Crippen molar-refractivity contribution in [3.63, 3.8) is 0 Å². The Hall–Kier alpha value is -0.480. The molecule has 2 N–H and O–H groups in total. The van der Waals surface area contributed by atoms with Gasteiger partial charge < -0.3 is 5.73 Å². The van der Waals surface area contributed by atoms with Gasteiger partial charge in [-0.3, -0.25) is 0 Å². The summed E-state index contributed by atoms with van der Waals surface area (Å²) >= 11 is 3.31. The predicted molar refractivity (Wildman–Crippen MR) is 61.0 cm³/mol. The van der Waals surface area contributed by atoms with E-state index in [4.69, 9.17) is 5.73 Å². The first-order valence-electron chi connectivity index (χ1n) is 4.99. The van der Waals surface area contributed by atoms with Crippen LogP contribution in [0, 0.1) is 17.3 Å². The first kappa shape index (κ1) is 11.0. The van der Waals surface area contributed by atoms with E-state index in [0.717, 1.165) is 4.47 Å². The maximum absolute atomic E-state index is 13.5. The average molecular weight is 273 g/mol. The van der Waals surface area contributed by atoms with Crippen molar-refractivity contribution in [2.45, 2.75) is 19.8 Å². The van der Waals surface area contributed by atoms with Crippen LogP contribution >= 0.6 is 15.9 Å². The van der Waals surface area contributed by atoms with Crippen LogP contribution in [0.5, 0.6) is 0 Å². The third-order valence-corrected chi connectivity index (χ3v) is 3.91. The topological polar surface area (TPSA) is 38.9 Å². The molecular formula is C11H14BrFN2. The molecule has 2 unspecified atom stereocenters. The number of pyridine rings is 1. The first-order chi connectivity index (χ1) is 6.98. The third-order valence-electron chi connectivity index (χ3n) is 3.47. The normalized spacial score (nSPS) is 27.8. The lowest BCUT2D eigenvalue weighted by atomic mass is 10.0. The van der Waals surface area contributed by atoms with Gasteiger partial charge in [-0.05, 0) is 45.8 Å².